The van der Waals surface area contributed by atoms with Gasteiger partial charge in [-0.2, -0.15) is 0 Å². The summed E-state index contributed by atoms with van der Waals surface area (Å²) in [6, 6.07) is 22.0. The predicted molar refractivity (Wildman–Crippen MR) is 113 cm³/mol. The maximum atomic E-state index is 12.3. The van der Waals surface area contributed by atoms with E-state index in [0.717, 1.165) is 11.1 Å². The van der Waals surface area contributed by atoms with E-state index in [1.54, 1.807) is 25.1 Å². The van der Waals surface area contributed by atoms with Crippen LogP contribution in [0, 0.1) is 6.92 Å². The Bertz CT molecular complexity index is 1110. The van der Waals surface area contributed by atoms with Crippen LogP contribution in [0.5, 0.6) is 5.75 Å². The lowest BCUT2D eigenvalue weighted by Gasteiger charge is -2.13. The molecule has 0 aliphatic rings. The molecule has 0 fully saturated rings. The van der Waals surface area contributed by atoms with Crippen molar-refractivity contribution >= 4 is 21.6 Å². The number of sulfonamides is 1. The lowest BCUT2D eigenvalue weighted by molar-refractivity contribution is -0.118. The zero-order valence-electron chi connectivity index (χ0n) is 16.2. The molecule has 0 bridgehead atoms. The second-order valence-corrected chi connectivity index (χ2v) is 8.24. The van der Waals surface area contributed by atoms with E-state index in [9.17, 15) is 13.2 Å². The number of benzene rings is 3. The van der Waals surface area contributed by atoms with Gasteiger partial charge in [-0.15, -0.1) is 0 Å². The minimum Gasteiger partial charge on any atom is -0.483 e. The van der Waals surface area contributed by atoms with Crippen molar-refractivity contribution in [2.75, 3.05) is 19.0 Å². The Kier molecular flexibility index (Phi) is 6.31. The summed E-state index contributed by atoms with van der Waals surface area (Å²) < 4.78 is 32.2. The van der Waals surface area contributed by atoms with Crippen molar-refractivity contribution in [3.8, 4) is 16.9 Å². The Balaban J connectivity index is 1.71. The number of carbonyl (C=O) groups excluding carboxylic acids is 1. The van der Waals surface area contributed by atoms with Crippen molar-refractivity contribution in [3.63, 3.8) is 0 Å². The number of hydrogen-bond acceptors (Lipinski definition) is 4. The standard InChI is InChI=1S/C22H22N2O4S/c1-16-12-13-18(14-21(16)29(26,27)23-2)24-22(25)15-28-20-11-7-6-10-19(20)17-8-4-3-5-9-17/h3-14,23H,15H2,1-2H3,(H,24,25). The molecule has 1 amide bonds. The van der Waals surface area contributed by atoms with E-state index in [0.29, 0.717) is 17.0 Å². The first-order valence-electron chi connectivity index (χ1n) is 9.02. The Hall–Kier alpha value is -3.16. The molecule has 2 N–H and O–H groups in total. The second kappa shape index (κ2) is 8.89. The van der Waals surface area contributed by atoms with Crippen LogP contribution in [0.3, 0.4) is 0 Å². The molecule has 0 saturated heterocycles. The third-order valence-electron chi connectivity index (χ3n) is 4.36. The van der Waals surface area contributed by atoms with Crippen molar-refractivity contribution in [3.05, 3.63) is 78.4 Å². The minimum atomic E-state index is -3.61. The number of para-hydroxylation sites is 1. The van der Waals surface area contributed by atoms with Crippen molar-refractivity contribution in [2.24, 2.45) is 0 Å². The van der Waals surface area contributed by atoms with Crippen LogP contribution < -0.4 is 14.8 Å². The van der Waals surface area contributed by atoms with Gasteiger partial charge in [0.2, 0.25) is 10.0 Å². The number of carbonyl (C=O) groups is 1. The summed E-state index contributed by atoms with van der Waals surface area (Å²) in [5.74, 6) is 0.209. The van der Waals surface area contributed by atoms with Gasteiger partial charge in [-0.1, -0.05) is 54.6 Å². The van der Waals surface area contributed by atoms with E-state index >= 15 is 0 Å². The average Bonchev–Trinajstić information content (AvgIpc) is 2.74. The molecular formula is C22H22N2O4S. The van der Waals surface area contributed by atoms with Gasteiger partial charge in [-0.25, -0.2) is 13.1 Å². The number of amides is 1. The summed E-state index contributed by atoms with van der Waals surface area (Å²) in [5.41, 5.74) is 2.85. The predicted octanol–water partition coefficient (Wildman–Crippen LogP) is 3.59. The molecule has 0 heterocycles. The van der Waals surface area contributed by atoms with Gasteiger partial charge in [0.15, 0.2) is 6.61 Å². The summed E-state index contributed by atoms with van der Waals surface area (Å²) in [6.07, 6.45) is 0. The van der Waals surface area contributed by atoms with Crippen LogP contribution in [0.1, 0.15) is 5.56 Å². The Labute approximate surface area is 170 Å². The smallest absolute Gasteiger partial charge is 0.262 e. The van der Waals surface area contributed by atoms with E-state index in [4.69, 9.17) is 4.74 Å². The molecule has 0 unspecified atom stereocenters. The maximum absolute atomic E-state index is 12.3. The van der Waals surface area contributed by atoms with Crippen LogP contribution in [-0.2, 0) is 14.8 Å². The molecule has 0 aromatic heterocycles. The third-order valence-corrected chi connectivity index (χ3v) is 5.92. The van der Waals surface area contributed by atoms with Gasteiger partial charge in [0.1, 0.15) is 5.75 Å². The summed E-state index contributed by atoms with van der Waals surface area (Å²) in [4.78, 5) is 12.5. The third kappa shape index (κ3) is 5.01. The van der Waals surface area contributed by atoms with E-state index in [1.165, 1.54) is 13.1 Å². The molecule has 0 radical (unpaired) electrons. The van der Waals surface area contributed by atoms with Crippen LogP contribution in [0.2, 0.25) is 0 Å². The van der Waals surface area contributed by atoms with Crippen LogP contribution in [0.4, 0.5) is 5.69 Å². The number of hydrogen-bond donors (Lipinski definition) is 2. The van der Waals surface area contributed by atoms with Crippen molar-refractivity contribution < 1.29 is 17.9 Å². The SMILES string of the molecule is CNS(=O)(=O)c1cc(NC(=O)COc2ccccc2-c2ccccc2)ccc1C. The van der Waals surface area contributed by atoms with Crippen molar-refractivity contribution in [1.29, 1.82) is 0 Å². The molecule has 6 nitrogen and oxygen atoms in total. The van der Waals surface area contributed by atoms with Gasteiger partial charge >= 0.3 is 0 Å². The highest BCUT2D eigenvalue weighted by Crippen LogP contribution is 2.29. The summed E-state index contributed by atoms with van der Waals surface area (Å²) >= 11 is 0. The molecule has 0 saturated carbocycles. The van der Waals surface area contributed by atoms with Crippen LogP contribution in [0.25, 0.3) is 11.1 Å². The zero-order valence-corrected chi connectivity index (χ0v) is 17.0. The lowest BCUT2D eigenvalue weighted by atomic mass is 10.1. The van der Waals surface area contributed by atoms with E-state index in [2.05, 4.69) is 10.0 Å². The highest BCUT2D eigenvalue weighted by atomic mass is 32.2. The van der Waals surface area contributed by atoms with Gasteiger partial charge in [-0.05, 0) is 43.3 Å². The van der Waals surface area contributed by atoms with Gasteiger partial charge in [-0.3, -0.25) is 4.79 Å². The Morgan fingerprint density at radius 3 is 2.38 bits per heavy atom. The molecule has 3 aromatic carbocycles. The quantitative estimate of drug-likeness (QED) is 0.623. The second-order valence-electron chi connectivity index (χ2n) is 6.39. The normalized spacial score (nSPS) is 11.1. The van der Waals surface area contributed by atoms with Crippen LogP contribution in [-0.4, -0.2) is 28.0 Å². The first kappa shape index (κ1) is 20.6. The molecule has 3 rings (SSSR count). The average molecular weight is 410 g/mol. The van der Waals surface area contributed by atoms with E-state index < -0.39 is 10.0 Å². The number of anilines is 1. The molecular weight excluding hydrogens is 388 g/mol. The first-order valence-corrected chi connectivity index (χ1v) is 10.5. The molecule has 0 atom stereocenters. The van der Waals surface area contributed by atoms with Gasteiger partial charge in [0, 0.05) is 11.3 Å². The van der Waals surface area contributed by atoms with Gasteiger partial charge in [0.25, 0.3) is 5.91 Å². The Morgan fingerprint density at radius 1 is 0.966 bits per heavy atom. The number of nitrogens with one attached hydrogen (secondary N) is 2. The fourth-order valence-electron chi connectivity index (χ4n) is 2.87. The molecule has 150 valence electrons. The molecule has 29 heavy (non-hydrogen) atoms. The molecule has 0 aliphatic heterocycles. The molecule has 7 heteroatoms. The van der Waals surface area contributed by atoms with Gasteiger partial charge in [0.05, 0.1) is 4.90 Å². The monoisotopic (exact) mass is 410 g/mol. The largest absolute Gasteiger partial charge is 0.483 e. The topological polar surface area (TPSA) is 84.5 Å². The van der Waals surface area contributed by atoms with Crippen LogP contribution >= 0.6 is 0 Å². The number of aryl methyl sites for hydroxylation is 1. The maximum Gasteiger partial charge on any atom is 0.262 e. The van der Waals surface area contributed by atoms with Gasteiger partial charge < -0.3 is 10.1 Å². The first-order chi connectivity index (χ1) is 13.9. The Morgan fingerprint density at radius 2 is 1.66 bits per heavy atom. The van der Waals surface area contributed by atoms with Crippen LogP contribution in [0.15, 0.2) is 77.7 Å². The summed E-state index contributed by atoms with van der Waals surface area (Å²) in [6.45, 7) is 1.49. The summed E-state index contributed by atoms with van der Waals surface area (Å²) in [5, 5.41) is 2.68. The molecule has 0 aliphatic carbocycles. The van der Waals surface area contributed by atoms with E-state index in [-0.39, 0.29) is 17.4 Å². The number of rotatable bonds is 7. The fourth-order valence-corrected chi connectivity index (χ4v) is 3.86. The highest BCUT2D eigenvalue weighted by Gasteiger charge is 2.16. The van der Waals surface area contributed by atoms with E-state index in [1.807, 2.05) is 48.5 Å². The molecule has 3 aromatic rings. The van der Waals surface area contributed by atoms with Crippen molar-refractivity contribution in [1.82, 2.24) is 4.72 Å². The minimum absolute atomic E-state index is 0.119. The number of ether oxygens (including phenoxy) is 1. The van der Waals surface area contributed by atoms with Crippen molar-refractivity contribution in [2.45, 2.75) is 11.8 Å². The highest BCUT2D eigenvalue weighted by molar-refractivity contribution is 7.89. The lowest BCUT2D eigenvalue weighted by Crippen LogP contribution is -2.22. The summed E-state index contributed by atoms with van der Waals surface area (Å²) in [7, 11) is -2.27. The molecule has 0 spiro atoms. The zero-order chi connectivity index (χ0) is 20.9. The fraction of sp³-hybridized carbons (Fsp3) is 0.136.